The maximum absolute atomic E-state index is 13.6. The first-order valence-electron chi connectivity index (χ1n) is 7.60. The SMILES string of the molecule is OC1(C(F)(F)F)CC(c2ccco2)=NN1c1nc(-c2ccccc2)cs1. The highest BCUT2D eigenvalue weighted by Gasteiger charge is 2.63. The zero-order chi connectivity index (χ0) is 18.4. The van der Waals surface area contributed by atoms with Gasteiger partial charge < -0.3 is 9.52 Å². The zero-order valence-electron chi connectivity index (χ0n) is 13.1. The van der Waals surface area contributed by atoms with Gasteiger partial charge in [0.1, 0.15) is 11.5 Å². The maximum Gasteiger partial charge on any atom is 0.438 e. The molecule has 0 saturated heterocycles. The number of hydrazone groups is 1. The van der Waals surface area contributed by atoms with Crippen LogP contribution >= 0.6 is 11.3 Å². The van der Waals surface area contributed by atoms with Crippen molar-refractivity contribution in [1.29, 1.82) is 0 Å². The largest absolute Gasteiger partial charge is 0.463 e. The van der Waals surface area contributed by atoms with Crippen molar-refractivity contribution in [2.24, 2.45) is 5.10 Å². The lowest BCUT2D eigenvalue weighted by molar-refractivity contribution is -0.254. The van der Waals surface area contributed by atoms with E-state index in [9.17, 15) is 18.3 Å². The van der Waals surface area contributed by atoms with Crippen molar-refractivity contribution < 1.29 is 22.7 Å². The predicted molar refractivity (Wildman–Crippen MR) is 90.9 cm³/mol. The molecule has 0 aliphatic carbocycles. The van der Waals surface area contributed by atoms with Crippen LogP contribution in [0, 0.1) is 0 Å². The van der Waals surface area contributed by atoms with E-state index in [4.69, 9.17) is 4.42 Å². The van der Waals surface area contributed by atoms with E-state index in [1.54, 1.807) is 23.6 Å². The highest BCUT2D eigenvalue weighted by Crippen LogP contribution is 2.45. The minimum atomic E-state index is -4.93. The number of aromatic nitrogens is 1. The van der Waals surface area contributed by atoms with E-state index >= 15 is 0 Å². The molecule has 0 spiro atoms. The lowest BCUT2D eigenvalue weighted by Gasteiger charge is -2.32. The van der Waals surface area contributed by atoms with Gasteiger partial charge in [-0.25, -0.2) is 4.98 Å². The first-order chi connectivity index (χ1) is 12.4. The third-order valence-corrected chi connectivity index (χ3v) is 4.80. The van der Waals surface area contributed by atoms with Crippen molar-refractivity contribution in [2.45, 2.75) is 18.3 Å². The summed E-state index contributed by atoms with van der Waals surface area (Å²) < 4.78 is 45.9. The van der Waals surface area contributed by atoms with Crippen LogP contribution in [0.25, 0.3) is 11.3 Å². The van der Waals surface area contributed by atoms with Crippen LogP contribution in [0.15, 0.2) is 63.6 Å². The Hall–Kier alpha value is -2.65. The molecule has 1 aliphatic rings. The number of furan rings is 1. The fourth-order valence-electron chi connectivity index (χ4n) is 2.65. The second-order valence-electron chi connectivity index (χ2n) is 5.71. The van der Waals surface area contributed by atoms with Crippen LogP contribution in [-0.2, 0) is 0 Å². The van der Waals surface area contributed by atoms with Crippen LogP contribution < -0.4 is 5.01 Å². The molecule has 5 nitrogen and oxygen atoms in total. The van der Waals surface area contributed by atoms with Crippen LogP contribution in [0.4, 0.5) is 18.3 Å². The number of alkyl halides is 3. The molecule has 4 rings (SSSR count). The summed E-state index contributed by atoms with van der Waals surface area (Å²) in [7, 11) is 0. The molecule has 0 saturated carbocycles. The van der Waals surface area contributed by atoms with Crippen LogP contribution in [0.3, 0.4) is 0 Å². The molecule has 2 aromatic heterocycles. The molecule has 9 heteroatoms. The number of benzene rings is 1. The molecule has 1 atom stereocenters. The molecule has 1 unspecified atom stereocenters. The Labute approximate surface area is 150 Å². The van der Waals surface area contributed by atoms with Gasteiger partial charge in [0.15, 0.2) is 0 Å². The lowest BCUT2D eigenvalue weighted by atomic mass is 10.1. The number of hydrogen-bond donors (Lipinski definition) is 1. The van der Waals surface area contributed by atoms with Gasteiger partial charge in [0.25, 0.3) is 5.72 Å². The first-order valence-corrected chi connectivity index (χ1v) is 8.48. The Kier molecular flexibility index (Phi) is 3.85. The fourth-order valence-corrected chi connectivity index (χ4v) is 3.50. The van der Waals surface area contributed by atoms with E-state index in [0.717, 1.165) is 16.9 Å². The van der Waals surface area contributed by atoms with Crippen molar-refractivity contribution in [3.63, 3.8) is 0 Å². The van der Waals surface area contributed by atoms with Crippen LogP contribution in [0.2, 0.25) is 0 Å². The molecular weight excluding hydrogens is 367 g/mol. The number of thiazole rings is 1. The van der Waals surface area contributed by atoms with Gasteiger partial charge in [-0.15, -0.1) is 11.3 Å². The molecule has 3 aromatic rings. The summed E-state index contributed by atoms with van der Waals surface area (Å²) in [5.74, 6) is 0.176. The third kappa shape index (κ3) is 2.69. The Morgan fingerprint density at radius 2 is 1.92 bits per heavy atom. The molecule has 26 heavy (non-hydrogen) atoms. The topological polar surface area (TPSA) is 61.9 Å². The summed E-state index contributed by atoms with van der Waals surface area (Å²) >= 11 is 0.976. The average Bonchev–Trinajstić information content (AvgIpc) is 3.34. The molecule has 1 aromatic carbocycles. The maximum atomic E-state index is 13.6. The Morgan fingerprint density at radius 3 is 2.58 bits per heavy atom. The van der Waals surface area contributed by atoms with E-state index in [0.29, 0.717) is 10.7 Å². The molecular formula is C17H12F3N3O2S. The van der Waals surface area contributed by atoms with Gasteiger partial charge in [0, 0.05) is 10.9 Å². The molecule has 0 amide bonds. The van der Waals surface area contributed by atoms with Gasteiger partial charge in [0.05, 0.1) is 18.4 Å². The highest BCUT2D eigenvalue weighted by atomic mass is 32.1. The van der Waals surface area contributed by atoms with Crippen molar-refractivity contribution >= 4 is 22.2 Å². The second-order valence-corrected chi connectivity index (χ2v) is 6.54. The summed E-state index contributed by atoms with van der Waals surface area (Å²) in [6.07, 6.45) is -4.34. The predicted octanol–water partition coefficient (Wildman–Crippen LogP) is 4.27. The molecule has 0 bridgehead atoms. The van der Waals surface area contributed by atoms with Crippen molar-refractivity contribution in [2.75, 3.05) is 5.01 Å². The number of halogens is 3. The van der Waals surface area contributed by atoms with Crippen molar-refractivity contribution in [1.82, 2.24) is 4.98 Å². The van der Waals surface area contributed by atoms with E-state index in [-0.39, 0.29) is 16.6 Å². The van der Waals surface area contributed by atoms with E-state index in [2.05, 4.69) is 10.1 Å². The van der Waals surface area contributed by atoms with Crippen molar-refractivity contribution in [3.8, 4) is 11.3 Å². The summed E-state index contributed by atoms with van der Waals surface area (Å²) in [4.78, 5) is 4.23. The van der Waals surface area contributed by atoms with E-state index < -0.39 is 18.3 Å². The highest BCUT2D eigenvalue weighted by molar-refractivity contribution is 7.14. The number of anilines is 1. The minimum Gasteiger partial charge on any atom is -0.463 e. The molecule has 3 heterocycles. The lowest BCUT2D eigenvalue weighted by Crippen LogP contribution is -2.55. The first kappa shape index (κ1) is 16.8. The summed E-state index contributed by atoms with van der Waals surface area (Å²) in [5.41, 5.74) is -1.90. The van der Waals surface area contributed by atoms with E-state index in [1.807, 2.05) is 18.2 Å². The van der Waals surface area contributed by atoms with Gasteiger partial charge in [0.2, 0.25) is 5.13 Å². The van der Waals surface area contributed by atoms with E-state index in [1.165, 1.54) is 12.3 Å². The van der Waals surface area contributed by atoms with Gasteiger partial charge >= 0.3 is 6.18 Å². The summed E-state index contributed by atoms with van der Waals surface area (Å²) in [5, 5.41) is 16.5. The smallest absolute Gasteiger partial charge is 0.438 e. The minimum absolute atomic E-state index is 0.00582. The van der Waals surface area contributed by atoms with Crippen LogP contribution in [0.1, 0.15) is 12.2 Å². The quantitative estimate of drug-likeness (QED) is 0.738. The second kappa shape index (κ2) is 5.96. The summed E-state index contributed by atoms with van der Waals surface area (Å²) in [6.45, 7) is 0. The standard InChI is InChI=1S/C17H12F3N3O2S/c18-17(19,20)16(24)9-12(14-7-4-8-25-14)22-23(16)15-21-13(10-26-15)11-5-2-1-3-6-11/h1-8,10,24H,9H2. The fraction of sp³-hybridized carbons (Fsp3) is 0.176. The molecule has 0 fully saturated rings. The normalized spacial score (nSPS) is 20.5. The Balaban J connectivity index is 1.76. The monoisotopic (exact) mass is 379 g/mol. The average molecular weight is 379 g/mol. The molecule has 134 valence electrons. The van der Waals surface area contributed by atoms with Crippen LogP contribution in [-0.4, -0.2) is 27.7 Å². The number of aliphatic hydroxyl groups is 1. The Morgan fingerprint density at radius 1 is 1.15 bits per heavy atom. The van der Waals surface area contributed by atoms with Gasteiger partial charge in [-0.3, -0.25) is 0 Å². The molecule has 1 aliphatic heterocycles. The van der Waals surface area contributed by atoms with Gasteiger partial charge in [-0.05, 0) is 12.1 Å². The zero-order valence-corrected chi connectivity index (χ0v) is 14.0. The third-order valence-electron chi connectivity index (χ3n) is 3.99. The number of nitrogens with zero attached hydrogens (tertiary/aromatic N) is 3. The van der Waals surface area contributed by atoms with Gasteiger partial charge in [-0.2, -0.15) is 23.3 Å². The number of rotatable bonds is 3. The van der Waals surface area contributed by atoms with Gasteiger partial charge in [-0.1, -0.05) is 30.3 Å². The van der Waals surface area contributed by atoms with Crippen molar-refractivity contribution in [3.05, 3.63) is 59.9 Å². The van der Waals surface area contributed by atoms with Crippen LogP contribution in [0.5, 0.6) is 0 Å². The summed E-state index contributed by atoms with van der Waals surface area (Å²) in [6, 6.07) is 12.1. The number of hydrogen-bond acceptors (Lipinski definition) is 6. The molecule has 1 N–H and O–H groups in total. The Bertz CT molecular complexity index is 938. The molecule has 0 radical (unpaired) electrons.